The number of imidazole rings is 1. The number of hydrogen-bond acceptors (Lipinski definition) is 3. The molecule has 1 heterocycles. The molecule has 0 saturated heterocycles. The van der Waals surface area contributed by atoms with E-state index in [2.05, 4.69) is 15.3 Å². The summed E-state index contributed by atoms with van der Waals surface area (Å²) in [6.45, 7) is 3.42. The van der Waals surface area contributed by atoms with Gasteiger partial charge >= 0.3 is 0 Å². The van der Waals surface area contributed by atoms with Gasteiger partial charge in [-0.05, 0) is 26.2 Å². The zero-order chi connectivity index (χ0) is 10.0. The van der Waals surface area contributed by atoms with E-state index in [0.717, 1.165) is 37.2 Å². The molecule has 1 aliphatic rings. The third kappa shape index (κ3) is 1.96. The fraction of sp³-hybridized carbons (Fsp3) is 0.700. The standard InChI is InChI=1S/C10H17N3O/c1-8-9(13-7-12-8)5-11-6-10(14)3-2-4-10/h7,11,14H,2-6H2,1H3,(H,12,13). The van der Waals surface area contributed by atoms with Crippen LogP contribution in [-0.2, 0) is 6.54 Å². The Bertz CT molecular complexity index is 304. The maximum Gasteiger partial charge on any atom is 0.0925 e. The number of aryl methyl sites for hydroxylation is 1. The average molecular weight is 195 g/mol. The maximum absolute atomic E-state index is 9.82. The lowest BCUT2D eigenvalue weighted by Crippen LogP contribution is -2.46. The molecule has 0 atom stereocenters. The molecule has 3 N–H and O–H groups in total. The number of hydrogen-bond donors (Lipinski definition) is 3. The van der Waals surface area contributed by atoms with Crippen LogP contribution in [0.3, 0.4) is 0 Å². The highest BCUT2D eigenvalue weighted by Crippen LogP contribution is 2.30. The first-order valence-electron chi connectivity index (χ1n) is 5.12. The van der Waals surface area contributed by atoms with Crippen molar-refractivity contribution in [1.29, 1.82) is 0 Å². The Kier molecular flexibility index (Phi) is 2.56. The molecular formula is C10H17N3O. The second kappa shape index (κ2) is 3.71. The van der Waals surface area contributed by atoms with Crippen molar-refractivity contribution in [3.8, 4) is 0 Å². The molecule has 1 saturated carbocycles. The third-order valence-electron chi connectivity index (χ3n) is 2.97. The van der Waals surface area contributed by atoms with Crippen LogP contribution >= 0.6 is 0 Å². The van der Waals surface area contributed by atoms with Gasteiger partial charge in [0, 0.05) is 18.8 Å². The second-order valence-electron chi connectivity index (χ2n) is 4.16. The summed E-state index contributed by atoms with van der Waals surface area (Å²) in [6.07, 6.45) is 4.71. The minimum atomic E-state index is -0.440. The molecule has 1 fully saturated rings. The Morgan fingerprint density at radius 2 is 2.43 bits per heavy atom. The van der Waals surface area contributed by atoms with E-state index in [9.17, 15) is 5.11 Å². The van der Waals surface area contributed by atoms with Crippen LogP contribution < -0.4 is 5.32 Å². The molecular weight excluding hydrogens is 178 g/mol. The summed E-state index contributed by atoms with van der Waals surface area (Å²) in [6, 6.07) is 0. The normalized spacial score (nSPS) is 19.3. The number of H-pyrrole nitrogens is 1. The second-order valence-corrected chi connectivity index (χ2v) is 4.16. The molecule has 0 spiro atoms. The van der Waals surface area contributed by atoms with Crippen molar-refractivity contribution >= 4 is 0 Å². The van der Waals surface area contributed by atoms with Crippen molar-refractivity contribution in [3.05, 3.63) is 17.7 Å². The van der Waals surface area contributed by atoms with Gasteiger partial charge in [0.25, 0.3) is 0 Å². The summed E-state index contributed by atoms with van der Waals surface area (Å²) in [5.74, 6) is 0. The monoisotopic (exact) mass is 195 g/mol. The van der Waals surface area contributed by atoms with Gasteiger partial charge in [0.2, 0.25) is 0 Å². The predicted molar refractivity (Wildman–Crippen MR) is 53.8 cm³/mol. The van der Waals surface area contributed by atoms with Gasteiger partial charge < -0.3 is 15.4 Å². The van der Waals surface area contributed by atoms with Crippen molar-refractivity contribution in [2.24, 2.45) is 0 Å². The minimum absolute atomic E-state index is 0.440. The lowest BCUT2D eigenvalue weighted by atomic mass is 9.80. The van der Waals surface area contributed by atoms with Crippen LogP contribution in [0.1, 0.15) is 30.7 Å². The van der Waals surface area contributed by atoms with E-state index in [4.69, 9.17) is 0 Å². The molecule has 14 heavy (non-hydrogen) atoms. The maximum atomic E-state index is 9.82. The summed E-state index contributed by atoms with van der Waals surface area (Å²) in [5, 5.41) is 13.1. The van der Waals surface area contributed by atoms with Crippen LogP contribution in [0.15, 0.2) is 6.33 Å². The van der Waals surface area contributed by atoms with E-state index in [1.54, 1.807) is 6.33 Å². The first kappa shape index (κ1) is 9.68. The summed E-state index contributed by atoms with van der Waals surface area (Å²) in [4.78, 5) is 7.21. The number of aromatic nitrogens is 2. The van der Waals surface area contributed by atoms with E-state index < -0.39 is 5.60 Å². The minimum Gasteiger partial charge on any atom is -0.389 e. The summed E-state index contributed by atoms with van der Waals surface area (Å²) in [7, 11) is 0. The lowest BCUT2D eigenvalue weighted by Gasteiger charge is -2.36. The van der Waals surface area contributed by atoms with Gasteiger partial charge in [-0.15, -0.1) is 0 Å². The van der Waals surface area contributed by atoms with Gasteiger partial charge in [0.1, 0.15) is 0 Å². The molecule has 0 unspecified atom stereocenters. The van der Waals surface area contributed by atoms with Crippen LogP contribution in [-0.4, -0.2) is 27.2 Å². The van der Waals surface area contributed by atoms with E-state index in [-0.39, 0.29) is 0 Å². The number of nitrogens with one attached hydrogen (secondary N) is 2. The number of aliphatic hydroxyl groups is 1. The van der Waals surface area contributed by atoms with E-state index in [1.165, 1.54) is 0 Å². The van der Waals surface area contributed by atoms with Crippen LogP contribution in [0.5, 0.6) is 0 Å². The Balaban J connectivity index is 1.75. The highest BCUT2D eigenvalue weighted by molar-refractivity contribution is 5.08. The van der Waals surface area contributed by atoms with Crippen molar-refractivity contribution < 1.29 is 5.11 Å². The summed E-state index contributed by atoms with van der Waals surface area (Å²) in [5.41, 5.74) is 1.69. The first-order chi connectivity index (χ1) is 6.70. The Morgan fingerprint density at radius 1 is 1.64 bits per heavy atom. The number of nitrogens with zero attached hydrogens (tertiary/aromatic N) is 1. The molecule has 1 aromatic rings. The van der Waals surface area contributed by atoms with Crippen molar-refractivity contribution in [2.45, 2.75) is 38.3 Å². The Labute approximate surface area is 83.8 Å². The zero-order valence-corrected chi connectivity index (χ0v) is 8.51. The molecule has 0 radical (unpaired) electrons. The van der Waals surface area contributed by atoms with E-state index in [0.29, 0.717) is 6.54 Å². The van der Waals surface area contributed by atoms with E-state index in [1.807, 2.05) is 6.92 Å². The molecule has 4 heteroatoms. The molecule has 0 amide bonds. The molecule has 1 aliphatic carbocycles. The van der Waals surface area contributed by atoms with Gasteiger partial charge in [-0.25, -0.2) is 4.98 Å². The lowest BCUT2D eigenvalue weighted by molar-refractivity contribution is -0.0315. The average Bonchev–Trinajstić information content (AvgIpc) is 2.49. The Hall–Kier alpha value is -0.870. The predicted octanol–water partition coefficient (Wildman–Crippen LogP) is 0.723. The van der Waals surface area contributed by atoms with Crippen molar-refractivity contribution in [3.63, 3.8) is 0 Å². The van der Waals surface area contributed by atoms with Gasteiger partial charge in [-0.2, -0.15) is 0 Å². The van der Waals surface area contributed by atoms with Crippen LogP contribution in [0.4, 0.5) is 0 Å². The summed E-state index contributed by atoms with van der Waals surface area (Å²) >= 11 is 0. The molecule has 2 rings (SSSR count). The molecule has 1 aromatic heterocycles. The molecule has 78 valence electrons. The smallest absolute Gasteiger partial charge is 0.0925 e. The van der Waals surface area contributed by atoms with Gasteiger partial charge in [0.05, 0.1) is 17.6 Å². The number of aromatic amines is 1. The van der Waals surface area contributed by atoms with Gasteiger partial charge in [-0.1, -0.05) is 0 Å². The van der Waals surface area contributed by atoms with Crippen LogP contribution in [0.2, 0.25) is 0 Å². The molecule has 4 nitrogen and oxygen atoms in total. The number of rotatable bonds is 4. The summed E-state index contributed by atoms with van der Waals surface area (Å²) < 4.78 is 0. The van der Waals surface area contributed by atoms with E-state index >= 15 is 0 Å². The fourth-order valence-corrected chi connectivity index (χ4v) is 1.74. The van der Waals surface area contributed by atoms with Gasteiger partial charge in [-0.3, -0.25) is 0 Å². The quantitative estimate of drug-likeness (QED) is 0.663. The largest absolute Gasteiger partial charge is 0.389 e. The SMILES string of the molecule is Cc1[nH]cnc1CNCC1(O)CCC1. The first-order valence-corrected chi connectivity index (χ1v) is 5.12. The van der Waals surface area contributed by atoms with Gasteiger partial charge in [0.15, 0.2) is 0 Å². The van der Waals surface area contributed by atoms with Crippen molar-refractivity contribution in [2.75, 3.05) is 6.54 Å². The van der Waals surface area contributed by atoms with Crippen molar-refractivity contribution in [1.82, 2.24) is 15.3 Å². The molecule has 0 aromatic carbocycles. The van der Waals surface area contributed by atoms with Crippen LogP contribution in [0, 0.1) is 6.92 Å². The zero-order valence-electron chi connectivity index (χ0n) is 8.51. The highest BCUT2D eigenvalue weighted by Gasteiger charge is 2.33. The topological polar surface area (TPSA) is 60.9 Å². The highest BCUT2D eigenvalue weighted by atomic mass is 16.3. The Morgan fingerprint density at radius 3 is 2.93 bits per heavy atom. The molecule has 0 bridgehead atoms. The molecule has 0 aliphatic heterocycles. The van der Waals surface area contributed by atoms with Crippen LogP contribution in [0.25, 0.3) is 0 Å². The third-order valence-corrected chi connectivity index (χ3v) is 2.97. The fourth-order valence-electron chi connectivity index (χ4n) is 1.74.